The number of nitrogens with one attached hydrogen (secondary N) is 1. The monoisotopic (exact) mass is 247 g/mol. The first-order valence-corrected chi connectivity index (χ1v) is 6.10. The average molecular weight is 247 g/mol. The lowest BCUT2D eigenvalue weighted by Gasteiger charge is -2.32. The summed E-state index contributed by atoms with van der Waals surface area (Å²) in [6.07, 6.45) is 2.32. The molecule has 1 aliphatic rings. The Morgan fingerprint density at radius 3 is 2.94 bits per heavy atom. The first-order valence-electron chi connectivity index (χ1n) is 6.10. The van der Waals surface area contributed by atoms with Gasteiger partial charge < -0.3 is 10.2 Å². The number of rotatable bonds is 3. The number of nitrogens with zero attached hydrogens (tertiary/aromatic N) is 2. The summed E-state index contributed by atoms with van der Waals surface area (Å²) in [7, 11) is 0. The predicted octanol–water partition coefficient (Wildman–Crippen LogP) is 0.627. The molecule has 0 aliphatic carbocycles. The zero-order valence-electron chi connectivity index (χ0n) is 10.6. The highest BCUT2D eigenvalue weighted by Crippen LogP contribution is 2.12. The Labute approximate surface area is 106 Å². The first kappa shape index (κ1) is 12.5. The summed E-state index contributed by atoms with van der Waals surface area (Å²) in [5, 5.41) is 2.70. The predicted molar refractivity (Wildman–Crippen MR) is 66.6 cm³/mol. The third-order valence-electron chi connectivity index (χ3n) is 3.15. The Hall–Kier alpha value is -1.91. The molecule has 2 rings (SSSR count). The molecule has 18 heavy (non-hydrogen) atoms. The van der Waals surface area contributed by atoms with Gasteiger partial charge >= 0.3 is 0 Å². The van der Waals surface area contributed by atoms with Crippen molar-refractivity contribution in [3.8, 4) is 0 Å². The number of carbonyl (C=O) groups is 2. The van der Waals surface area contributed by atoms with Crippen LogP contribution in [0.2, 0.25) is 0 Å². The lowest BCUT2D eigenvalue weighted by atomic mass is 10.1. The Balaban J connectivity index is 2.15. The molecular formula is C13H17N3O2. The van der Waals surface area contributed by atoms with E-state index < -0.39 is 6.04 Å². The molecule has 0 aromatic carbocycles. The Kier molecular flexibility index (Phi) is 3.60. The molecule has 1 saturated heterocycles. The van der Waals surface area contributed by atoms with Gasteiger partial charge in [0.05, 0.1) is 12.2 Å². The molecule has 0 radical (unpaired) electrons. The topological polar surface area (TPSA) is 62.3 Å². The summed E-state index contributed by atoms with van der Waals surface area (Å²) in [4.78, 5) is 29.5. The van der Waals surface area contributed by atoms with Gasteiger partial charge in [-0.25, -0.2) is 0 Å². The molecule has 1 N–H and O–H groups in total. The number of piperazine rings is 1. The van der Waals surface area contributed by atoms with E-state index >= 15 is 0 Å². The lowest BCUT2D eigenvalue weighted by molar-refractivity contribution is -0.145. The Morgan fingerprint density at radius 1 is 1.50 bits per heavy atom. The average Bonchev–Trinajstić information content (AvgIpc) is 2.36. The van der Waals surface area contributed by atoms with Crippen LogP contribution >= 0.6 is 0 Å². The number of hydrogen-bond donors (Lipinski definition) is 1. The first-order chi connectivity index (χ1) is 8.61. The van der Waals surface area contributed by atoms with E-state index in [0.29, 0.717) is 13.0 Å². The smallest absolute Gasteiger partial charge is 0.245 e. The fourth-order valence-corrected chi connectivity index (χ4v) is 2.05. The number of carbonyl (C=O) groups excluding carboxylic acids is 2. The quantitative estimate of drug-likeness (QED) is 0.852. The van der Waals surface area contributed by atoms with Gasteiger partial charge in [-0.3, -0.25) is 14.6 Å². The molecular weight excluding hydrogens is 230 g/mol. The van der Waals surface area contributed by atoms with Gasteiger partial charge in [0.1, 0.15) is 12.6 Å². The van der Waals surface area contributed by atoms with Crippen LogP contribution in [0.25, 0.3) is 0 Å². The van der Waals surface area contributed by atoms with Gasteiger partial charge in [-0.05, 0) is 25.0 Å². The molecule has 1 atom stereocenters. The van der Waals surface area contributed by atoms with Crippen LogP contribution in [0.5, 0.6) is 0 Å². The Morgan fingerprint density at radius 2 is 2.28 bits per heavy atom. The maximum Gasteiger partial charge on any atom is 0.245 e. The SMILES string of the molecule is CCC1NC(=O)CN(Cc2ncccc2C)C1=O. The molecule has 1 fully saturated rings. The molecule has 0 saturated carbocycles. The van der Waals surface area contributed by atoms with Crippen molar-refractivity contribution < 1.29 is 9.59 Å². The maximum atomic E-state index is 12.1. The van der Waals surface area contributed by atoms with Gasteiger partial charge in [-0.2, -0.15) is 0 Å². The van der Waals surface area contributed by atoms with Gasteiger partial charge in [-0.1, -0.05) is 13.0 Å². The number of aryl methyl sites for hydroxylation is 1. The van der Waals surface area contributed by atoms with Crippen LogP contribution in [0.4, 0.5) is 0 Å². The van der Waals surface area contributed by atoms with Crippen molar-refractivity contribution >= 4 is 11.8 Å². The number of pyridine rings is 1. The molecule has 5 heteroatoms. The lowest BCUT2D eigenvalue weighted by Crippen LogP contribution is -2.57. The molecule has 1 aromatic rings. The van der Waals surface area contributed by atoms with Gasteiger partial charge in [0, 0.05) is 6.20 Å². The summed E-state index contributed by atoms with van der Waals surface area (Å²) in [6, 6.07) is 3.42. The fraction of sp³-hybridized carbons (Fsp3) is 0.462. The van der Waals surface area contributed by atoms with Crippen LogP contribution in [0.1, 0.15) is 24.6 Å². The Bertz CT molecular complexity index is 473. The fourth-order valence-electron chi connectivity index (χ4n) is 2.05. The largest absolute Gasteiger partial charge is 0.343 e. The number of hydrogen-bond acceptors (Lipinski definition) is 3. The third-order valence-corrected chi connectivity index (χ3v) is 3.15. The van der Waals surface area contributed by atoms with Crippen molar-refractivity contribution in [2.45, 2.75) is 32.9 Å². The second-order valence-electron chi connectivity index (χ2n) is 4.49. The molecule has 1 aliphatic heterocycles. The van der Waals surface area contributed by atoms with E-state index in [1.54, 1.807) is 11.1 Å². The molecule has 2 amide bonds. The van der Waals surface area contributed by atoms with Crippen molar-refractivity contribution in [3.63, 3.8) is 0 Å². The van der Waals surface area contributed by atoms with Crippen LogP contribution in [0.3, 0.4) is 0 Å². The van der Waals surface area contributed by atoms with Gasteiger partial charge in [0.25, 0.3) is 0 Å². The van der Waals surface area contributed by atoms with Crippen molar-refractivity contribution in [3.05, 3.63) is 29.6 Å². The van der Waals surface area contributed by atoms with Crippen LogP contribution in [0, 0.1) is 6.92 Å². The van der Waals surface area contributed by atoms with Gasteiger partial charge in [0.15, 0.2) is 0 Å². The normalized spacial score (nSPS) is 19.9. The zero-order chi connectivity index (χ0) is 13.1. The van der Waals surface area contributed by atoms with Crippen molar-refractivity contribution in [2.24, 2.45) is 0 Å². The van der Waals surface area contributed by atoms with Crippen LogP contribution in [0.15, 0.2) is 18.3 Å². The summed E-state index contributed by atoms with van der Waals surface area (Å²) < 4.78 is 0. The minimum atomic E-state index is -0.393. The van der Waals surface area contributed by atoms with Gasteiger partial charge in [-0.15, -0.1) is 0 Å². The van der Waals surface area contributed by atoms with Crippen LogP contribution in [-0.4, -0.2) is 34.3 Å². The van der Waals surface area contributed by atoms with E-state index in [0.717, 1.165) is 11.3 Å². The summed E-state index contributed by atoms with van der Waals surface area (Å²) >= 11 is 0. The number of amides is 2. The highest BCUT2D eigenvalue weighted by atomic mass is 16.2. The molecule has 96 valence electrons. The molecule has 1 unspecified atom stereocenters. The highest BCUT2D eigenvalue weighted by Gasteiger charge is 2.31. The minimum absolute atomic E-state index is 0.0258. The van der Waals surface area contributed by atoms with Crippen molar-refractivity contribution in [1.82, 2.24) is 15.2 Å². The van der Waals surface area contributed by atoms with Gasteiger partial charge in [0.2, 0.25) is 11.8 Å². The van der Waals surface area contributed by atoms with E-state index in [-0.39, 0.29) is 18.4 Å². The van der Waals surface area contributed by atoms with E-state index in [1.807, 2.05) is 26.0 Å². The standard InChI is InChI=1S/C13H17N3O2/c1-3-10-13(18)16(8-12(17)15-10)7-11-9(2)5-4-6-14-11/h4-6,10H,3,7-8H2,1-2H3,(H,15,17). The molecule has 0 spiro atoms. The highest BCUT2D eigenvalue weighted by molar-refractivity contribution is 5.94. The number of aromatic nitrogens is 1. The second kappa shape index (κ2) is 5.16. The van der Waals surface area contributed by atoms with Crippen LogP contribution < -0.4 is 5.32 Å². The van der Waals surface area contributed by atoms with E-state index in [1.165, 1.54) is 0 Å². The molecule has 5 nitrogen and oxygen atoms in total. The molecule has 0 bridgehead atoms. The van der Waals surface area contributed by atoms with E-state index in [9.17, 15) is 9.59 Å². The van der Waals surface area contributed by atoms with Crippen molar-refractivity contribution in [2.75, 3.05) is 6.54 Å². The van der Waals surface area contributed by atoms with Crippen molar-refractivity contribution in [1.29, 1.82) is 0 Å². The van der Waals surface area contributed by atoms with Crippen LogP contribution in [-0.2, 0) is 16.1 Å². The zero-order valence-corrected chi connectivity index (χ0v) is 10.6. The molecule has 2 heterocycles. The summed E-state index contributed by atoms with van der Waals surface area (Å²) in [5.41, 5.74) is 1.87. The van der Waals surface area contributed by atoms with E-state index in [4.69, 9.17) is 0 Å². The summed E-state index contributed by atoms with van der Waals surface area (Å²) in [6.45, 7) is 4.35. The minimum Gasteiger partial charge on any atom is -0.343 e. The molecule has 1 aromatic heterocycles. The van der Waals surface area contributed by atoms with E-state index in [2.05, 4.69) is 10.3 Å². The summed E-state index contributed by atoms with van der Waals surface area (Å²) in [5.74, 6) is -0.128. The second-order valence-corrected chi connectivity index (χ2v) is 4.49. The maximum absolute atomic E-state index is 12.1. The third kappa shape index (κ3) is 2.50.